The normalized spacial score (nSPS) is 13.8. The molecule has 1 aliphatic carbocycles. The maximum Gasteiger partial charge on any atom is 0.139 e. The molecule has 0 spiro atoms. The summed E-state index contributed by atoms with van der Waals surface area (Å²) in [4.78, 5) is 12.0. The van der Waals surface area contributed by atoms with Crippen LogP contribution in [0.4, 0.5) is 0 Å². The van der Waals surface area contributed by atoms with Crippen LogP contribution < -0.4 is 0 Å². The fourth-order valence-electron chi connectivity index (χ4n) is 3.07. The first kappa shape index (κ1) is 12.2. The fourth-order valence-corrected chi connectivity index (χ4v) is 3.07. The molecule has 96 valence electrons. The Bertz CT molecular complexity index is 640. The molecule has 0 aliphatic heterocycles. The highest BCUT2D eigenvalue weighted by atomic mass is 16.1. The molecule has 0 amide bonds. The van der Waals surface area contributed by atoms with Crippen LogP contribution in [0.15, 0.2) is 42.5 Å². The van der Waals surface area contributed by atoms with E-state index in [4.69, 9.17) is 0 Å². The lowest BCUT2D eigenvalue weighted by Crippen LogP contribution is -2.09. The zero-order valence-electron chi connectivity index (χ0n) is 11.4. The summed E-state index contributed by atoms with van der Waals surface area (Å²) in [5.74, 6) is 0.332. The molecule has 1 heteroatoms. The maximum absolute atomic E-state index is 12.0. The van der Waals surface area contributed by atoms with Crippen LogP contribution in [0.2, 0.25) is 0 Å². The van der Waals surface area contributed by atoms with Crippen LogP contribution in [-0.2, 0) is 11.2 Å². The van der Waals surface area contributed by atoms with Gasteiger partial charge in [0.25, 0.3) is 0 Å². The number of benzene rings is 2. The number of hydrogen-bond acceptors (Lipinski definition) is 1. The predicted octanol–water partition coefficient (Wildman–Crippen LogP) is 4.34. The van der Waals surface area contributed by atoms with Crippen LogP contribution in [0.1, 0.15) is 42.9 Å². The summed E-state index contributed by atoms with van der Waals surface area (Å²) in [6.07, 6.45) is 1.57. The Morgan fingerprint density at radius 3 is 2.63 bits per heavy atom. The average Bonchev–Trinajstić information content (AvgIpc) is 2.84. The van der Waals surface area contributed by atoms with Crippen molar-refractivity contribution in [2.75, 3.05) is 0 Å². The summed E-state index contributed by atoms with van der Waals surface area (Å²) in [5.41, 5.74) is 6.57. The highest BCUT2D eigenvalue weighted by Gasteiger charge is 2.24. The van der Waals surface area contributed by atoms with Gasteiger partial charge in [-0.2, -0.15) is 0 Å². The van der Waals surface area contributed by atoms with Crippen LogP contribution in [-0.4, -0.2) is 5.78 Å². The zero-order valence-corrected chi connectivity index (χ0v) is 11.4. The predicted molar refractivity (Wildman–Crippen MR) is 78.4 cm³/mol. The Labute approximate surface area is 114 Å². The molecule has 0 saturated carbocycles. The smallest absolute Gasteiger partial charge is 0.139 e. The quantitative estimate of drug-likeness (QED) is 0.675. The Hall–Kier alpha value is -1.89. The van der Waals surface area contributed by atoms with Gasteiger partial charge in [0.2, 0.25) is 0 Å². The monoisotopic (exact) mass is 250 g/mol. The van der Waals surface area contributed by atoms with Crippen LogP contribution >= 0.6 is 0 Å². The van der Waals surface area contributed by atoms with E-state index in [0.717, 1.165) is 6.42 Å². The molecule has 1 unspecified atom stereocenters. The topological polar surface area (TPSA) is 17.1 Å². The van der Waals surface area contributed by atoms with Crippen molar-refractivity contribution in [2.24, 2.45) is 0 Å². The van der Waals surface area contributed by atoms with Crippen molar-refractivity contribution in [3.63, 3.8) is 0 Å². The third-order valence-electron chi connectivity index (χ3n) is 4.18. The van der Waals surface area contributed by atoms with Gasteiger partial charge in [0.1, 0.15) is 5.78 Å². The van der Waals surface area contributed by atoms with E-state index < -0.39 is 0 Å². The van der Waals surface area contributed by atoms with Gasteiger partial charge >= 0.3 is 0 Å². The molecule has 0 heterocycles. The number of hydrogen-bond donors (Lipinski definition) is 0. The van der Waals surface area contributed by atoms with Gasteiger partial charge in [-0.25, -0.2) is 0 Å². The van der Waals surface area contributed by atoms with Crippen molar-refractivity contribution in [2.45, 2.75) is 32.6 Å². The van der Waals surface area contributed by atoms with Crippen LogP contribution in [0.3, 0.4) is 0 Å². The molecule has 1 nitrogen and oxygen atoms in total. The summed E-state index contributed by atoms with van der Waals surface area (Å²) < 4.78 is 0. The molecule has 0 saturated heterocycles. The van der Waals surface area contributed by atoms with Gasteiger partial charge in [0.15, 0.2) is 0 Å². The molecule has 0 fully saturated rings. The van der Waals surface area contributed by atoms with E-state index in [-0.39, 0.29) is 5.92 Å². The van der Waals surface area contributed by atoms with Crippen molar-refractivity contribution < 1.29 is 4.79 Å². The van der Waals surface area contributed by atoms with Crippen LogP contribution in [0.5, 0.6) is 0 Å². The molecule has 0 N–H and O–H groups in total. The Kier molecular flexibility index (Phi) is 2.98. The minimum atomic E-state index is 0.00858. The Morgan fingerprint density at radius 2 is 1.84 bits per heavy atom. The van der Waals surface area contributed by atoms with Crippen molar-refractivity contribution in [1.82, 2.24) is 0 Å². The third-order valence-corrected chi connectivity index (χ3v) is 4.18. The van der Waals surface area contributed by atoms with E-state index in [1.54, 1.807) is 0 Å². The summed E-state index contributed by atoms with van der Waals surface area (Å²) in [7, 11) is 0. The lowest BCUT2D eigenvalue weighted by Gasteiger charge is -2.14. The van der Waals surface area contributed by atoms with Gasteiger partial charge < -0.3 is 0 Å². The van der Waals surface area contributed by atoms with Crippen molar-refractivity contribution in [3.8, 4) is 11.1 Å². The summed E-state index contributed by atoms with van der Waals surface area (Å²) >= 11 is 0. The summed E-state index contributed by atoms with van der Waals surface area (Å²) in [6.45, 7) is 3.97. The minimum Gasteiger partial charge on any atom is -0.299 e. The molecule has 0 bridgehead atoms. The van der Waals surface area contributed by atoms with Crippen molar-refractivity contribution >= 4 is 5.78 Å². The molecule has 19 heavy (non-hydrogen) atoms. The molecule has 1 atom stereocenters. The van der Waals surface area contributed by atoms with E-state index >= 15 is 0 Å². The van der Waals surface area contributed by atoms with Crippen molar-refractivity contribution in [1.29, 1.82) is 0 Å². The highest BCUT2D eigenvalue weighted by Crippen LogP contribution is 2.40. The number of carbonyl (C=O) groups excluding carboxylic acids is 1. The second kappa shape index (κ2) is 4.65. The van der Waals surface area contributed by atoms with E-state index in [0.29, 0.717) is 12.2 Å². The van der Waals surface area contributed by atoms with Gasteiger partial charge in [-0.15, -0.1) is 0 Å². The first-order valence-electron chi connectivity index (χ1n) is 6.95. The van der Waals surface area contributed by atoms with Gasteiger partial charge in [0.05, 0.1) is 0 Å². The van der Waals surface area contributed by atoms with Crippen LogP contribution in [0, 0.1) is 0 Å². The molecular weight excluding hydrogens is 232 g/mol. The SMILES string of the molecule is CCC(=O)C(C)c1cccc2c1Cc1ccccc1-2. The molecule has 2 aromatic rings. The van der Waals surface area contributed by atoms with Crippen LogP contribution in [0.25, 0.3) is 11.1 Å². The fraction of sp³-hybridized carbons (Fsp3) is 0.278. The lowest BCUT2D eigenvalue weighted by atomic mass is 9.89. The minimum absolute atomic E-state index is 0.00858. The second-order valence-corrected chi connectivity index (χ2v) is 5.25. The average molecular weight is 250 g/mol. The number of rotatable bonds is 3. The third kappa shape index (κ3) is 1.90. The van der Waals surface area contributed by atoms with E-state index in [1.807, 2.05) is 13.8 Å². The Morgan fingerprint density at radius 1 is 1.11 bits per heavy atom. The Balaban J connectivity index is 2.11. The summed E-state index contributed by atoms with van der Waals surface area (Å²) in [5, 5.41) is 0. The van der Waals surface area contributed by atoms with Gasteiger partial charge in [0, 0.05) is 12.3 Å². The highest BCUT2D eigenvalue weighted by molar-refractivity contribution is 5.87. The molecule has 1 aliphatic rings. The number of fused-ring (bicyclic) bond motifs is 3. The number of carbonyl (C=O) groups is 1. The van der Waals surface area contributed by atoms with Gasteiger partial charge in [-0.3, -0.25) is 4.79 Å². The maximum atomic E-state index is 12.0. The molecule has 0 radical (unpaired) electrons. The number of Topliss-reactive ketones (excluding diaryl/α,β-unsaturated/α-hetero) is 1. The first-order chi connectivity index (χ1) is 9.22. The zero-order chi connectivity index (χ0) is 13.4. The number of ketones is 1. The second-order valence-electron chi connectivity index (χ2n) is 5.25. The summed E-state index contributed by atoms with van der Waals surface area (Å²) in [6, 6.07) is 14.9. The molecule has 2 aromatic carbocycles. The van der Waals surface area contributed by atoms with Gasteiger partial charge in [-0.1, -0.05) is 56.3 Å². The standard InChI is InChI=1S/C18H18O/c1-3-18(19)12(2)14-9-6-10-16-15-8-5-4-7-13(15)11-17(14)16/h4-10,12H,3,11H2,1-2H3. The molecule has 0 aromatic heterocycles. The van der Waals surface area contributed by atoms with E-state index in [9.17, 15) is 4.79 Å². The van der Waals surface area contributed by atoms with E-state index in [1.165, 1.54) is 27.8 Å². The molecular formula is C18H18O. The van der Waals surface area contributed by atoms with Gasteiger partial charge in [-0.05, 0) is 34.2 Å². The molecule has 3 rings (SSSR count). The van der Waals surface area contributed by atoms with E-state index in [2.05, 4.69) is 42.5 Å². The first-order valence-corrected chi connectivity index (χ1v) is 6.95. The largest absolute Gasteiger partial charge is 0.299 e. The van der Waals surface area contributed by atoms with Crippen molar-refractivity contribution in [3.05, 3.63) is 59.2 Å². The lowest BCUT2D eigenvalue weighted by molar-refractivity contribution is -0.119.